The quantitative estimate of drug-likeness (QED) is 0.826. The van der Waals surface area contributed by atoms with Crippen molar-refractivity contribution in [2.75, 3.05) is 26.2 Å². The van der Waals surface area contributed by atoms with Crippen molar-refractivity contribution in [3.63, 3.8) is 0 Å². The molecular formula is C19H21FN4O2. The van der Waals surface area contributed by atoms with Gasteiger partial charge in [-0.15, -0.1) is 0 Å². The zero-order chi connectivity index (χ0) is 18.1. The fraction of sp³-hybridized carbons (Fsp3) is 0.421. The Hall–Kier alpha value is -2.70. The smallest absolute Gasteiger partial charge is 0.257 e. The molecular weight excluding hydrogens is 335 g/mol. The molecule has 4 rings (SSSR count). The Bertz CT molecular complexity index is 840. The molecule has 0 radical (unpaired) electrons. The fourth-order valence-electron chi connectivity index (χ4n) is 3.69. The first-order valence-corrected chi connectivity index (χ1v) is 9.03. The Kier molecular flexibility index (Phi) is 4.44. The number of halogens is 1. The van der Waals surface area contributed by atoms with Crippen LogP contribution in [-0.4, -0.2) is 57.6 Å². The number of hydrogen-bond donors (Lipinski definition) is 0. The Morgan fingerprint density at radius 1 is 0.885 bits per heavy atom. The summed E-state index contributed by atoms with van der Waals surface area (Å²) >= 11 is 0. The second-order valence-corrected chi connectivity index (χ2v) is 6.75. The average Bonchev–Trinajstić information content (AvgIpc) is 3.11. The fourth-order valence-corrected chi connectivity index (χ4v) is 3.69. The highest BCUT2D eigenvalue weighted by Gasteiger charge is 2.29. The number of aryl methyl sites for hydroxylation is 1. The molecule has 26 heavy (non-hydrogen) atoms. The largest absolute Gasteiger partial charge is 0.335 e. The Morgan fingerprint density at radius 3 is 2.23 bits per heavy atom. The number of piperazine rings is 1. The standard InChI is InChI=1S/C19H21FN4O2/c20-16-6-2-1-5-14(16)18(25)22-9-11-23(12-10-22)19(26)15-13-21-24-8-4-3-7-17(15)24/h1-2,5-6,13H,3-4,7-12H2. The normalized spacial score (nSPS) is 17.1. The summed E-state index contributed by atoms with van der Waals surface area (Å²) in [5, 5.41) is 4.33. The molecule has 2 aliphatic rings. The van der Waals surface area contributed by atoms with Gasteiger partial charge in [-0.2, -0.15) is 5.10 Å². The Balaban J connectivity index is 1.42. The van der Waals surface area contributed by atoms with Crippen LogP contribution in [-0.2, 0) is 13.0 Å². The van der Waals surface area contributed by atoms with E-state index in [-0.39, 0.29) is 17.4 Å². The van der Waals surface area contributed by atoms with Gasteiger partial charge >= 0.3 is 0 Å². The first kappa shape index (κ1) is 16.8. The van der Waals surface area contributed by atoms with E-state index in [4.69, 9.17) is 0 Å². The minimum Gasteiger partial charge on any atom is -0.335 e. The van der Waals surface area contributed by atoms with Crippen molar-refractivity contribution >= 4 is 11.8 Å². The topological polar surface area (TPSA) is 58.4 Å². The average molecular weight is 356 g/mol. The zero-order valence-electron chi connectivity index (χ0n) is 14.5. The first-order valence-electron chi connectivity index (χ1n) is 9.03. The van der Waals surface area contributed by atoms with Gasteiger partial charge in [0.1, 0.15) is 5.82 Å². The summed E-state index contributed by atoms with van der Waals surface area (Å²) in [6.45, 7) is 2.57. The van der Waals surface area contributed by atoms with Gasteiger partial charge in [0.25, 0.3) is 11.8 Å². The highest BCUT2D eigenvalue weighted by molar-refractivity contribution is 5.96. The summed E-state index contributed by atoms with van der Waals surface area (Å²) < 4.78 is 15.8. The highest BCUT2D eigenvalue weighted by Crippen LogP contribution is 2.20. The molecule has 2 amide bonds. The van der Waals surface area contributed by atoms with Gasteiger partial charge in [-0.1, -0.05) is 12.1 Å². The lowest BCUT2D eigenvalue weighted by Crippen LogP contribution is -2.50. The molecule has 1 aromatic heterocycles. The molecule has 1 saturated heterocycles. The van der Waals surface area contributed by atoms with E-state index in [1.165, 1.54) is 12.1 Å². The molecule has 0 spiro atoms. The van der Waals surface area contributed by atoms with Crippen molar-refractivity contribution in [1.82, 2.24) is 19.6 Å². The lowest BCUT2D eigenvalue weighted by atomic mass is 10.1. The van der Waals surface area contributed by atoms with Gasteiger partial charge in [-0.3, -0.25) is 14.3 Å². The van der Waals surface area contributed by atoms with E-state index in [0.29, 0.717) is 31.7 Å². The molecule has 7 heteroatoms. The van der Waals surface area contributed by atoms with Gasteiger partial charge in [-0.25, -0.2) is 4.39 Å². The molecule has 1 fully saturated rings. The number of benzene rings is 1. The highest BCUT2D eigenvalue weighted by atomic mass is 19.1. The molecule has 3 heterocycles. The lowest BCUT2D eigenvalue weighted by Gasteiger charge is -2.35. The second kappa shape index (κ2) is 6.90. The van der Waals surface area contributed by atoms with E-state index in [0.717, 1.165) is 31.5 Å². The third kappa shape index (κ3) is 2.98. The predicted molar refractivity (Wildman–Crippen MR) is 93.4 cm³/mol. The second-order valence-electron chi connectivity index (χ2n) is 6.75. The van der Waals surface area contributed by atoms with Crippen molar-refractivity contribution in [3.8, 4) is 0 Å². The van der Waals surface area contributed by atoms with E-state index in [1.807, 2.05) is 4.68 Å². The SMILES string of the molecule is O=C(c1ccccc1F)N1CCN(C(=O)c2cnn3c2CCCC3)CC1. The van der Waals surface area contributed by atoms with Gasteiger partial charge in [0, 0.05) is 32.7 Å². The number of carbonyl (C=O) groups excluding carboxylic acids is 2. The van der Waals surface area contributed by atoms with E-state index >= 15 is 0 Å². The monoisotopic (exact) mass is 356 g/mol. The number of hydrogen-bond acceptors (Lipinski definition) is 3. The molecule has 0 bridgehead atoms. The maximum Gasteiger partial charge on any atom is 0.257 e. The van der Waals surface area contributed by atoms with Crippen LogP contribution in [0.3, 0.4) is 0 Å². The molecule has 0 N–H and O–H groups in total. The third-order valence-electron chi connectivity index (χ3n) is 5.17. The van der Waals surface area contributed by atoms with Crippen molar-refractivity contribution in [2.24, 2.45) is 0 Å². The number of rotatable bonds is 2. The van der Waals surface area contributed by atoms with Gasteiger partial charge in [0.05, 0.1) is 23.0 Å². The van der Waals surface area contributed by atoms with E-state index in [9.17, 15) is 14.0 Å². The third-order valence-corrected chi connectivity index (χ3v) is 5.17. The number of aromatic nitrogens is 2. The molecule has 2 aliphatic heterocycles. The van der Waals surface area contributed by atoms with Crippen LogP contribution in [0, 0.1) is 5.82 Å². The number of fused-ring (bicyclic) bond motifs is 1. The molecule has 136 valence electrons. The van der Waals surface area contributed by atoms with Crippen molar-refractivity contribution in [2.45, 2.75) is 25.8 Å². The van der Waals surface area contributed by atoms with Gasteiger partial charge < -0.3 is 9.80 Å². The summed E-state index contributed by atoms with van der Waals surface area (Å²) in [5.41, 5.74) is 1.78. The molecule has 0 atom stereocenters. The number of nitrogens with zero attached hydrogens (tertiary/aromatic N) is 4. The Labute approximate surface area is 151 Å². The van der Waals surface area contributed by atoms with Crippen LogP contribution in [0.25, 0.3) is 0 Å². The van der Waals surface area contributed by atoms with Crippen molar-refractivity contribution < 1.29 is 14.0 Å². The first-order chi connectivity index (χ1) is 12.6. The van der Waals surface area contributed by atoms with E-state index in [2.05, 4.69) is 5.10 Å². The summed E-state index contributed by atoms with van der Waals surface area (Å²) in [6, 6.07) is 6.00. The van der Waals surface area contributed by atoms with E-state index in [1.54, 1.807) is 28.1 Å². The van der Waals surface area contributed by atoms with Crippen LogP contribution in [0.5, 0.6) is 0 Å². The molecule has 6 nitrogen and oxygen atoms in total. The summed E-state index contributed by atoms with van der Waals surface area (Å²) in [4.78, 5) is 28.7. The van der Waals surface area contributed by atoms with Crippen molar-refractivity contribution in [3.05, 3.63) is 53.1 Å². The maximum atomic E-state index is 13.8. The van der Waals surface area contributed by atoms with Crippen LogP contribution >= 0.6 is 0 Å². The minimum absolute atomic E-state index is 0.0221. The molecule has 0 unspecified atom stereocenters. The van der Waals surface area contributed by atoms with Crippen LogP contribution < -0.4 is 0 Å². The van der Waals surface area contributed by atoms with Gasteiger partial charge in [0.15, 0.2) is 0 Å². The molecule has 2 aromatic rings. The number of carbonyl (C=O) groups is 2. The maximum absolute atomic E-state index is 13.8. The summed E-state index contributed by atoms with van der Waals surface area (Å²) in [6.07, 6.45) is 4.72. The van der Waals surface area contributed by atoms with E-state index < -0.39 is 5.82 Å². The minimum atomic E-state index is -0.512. The molecule has 1 aromatic carbocycles. The van der Waals surface area contributed by atoms with Gasteiger partial charge in [-0.05, 0) is 31.4 Å². The molecule has 0 aliphatic carbocycles. The summed E-state index contributed by atoms with van der Waals surface area (Å²) in [5.74, 6) is -0.855. The molecule has 0 saturated carbocycles. The summed E-state index contributed by atoms with van der Waals surface area (Å²) in [7, 11) is 0. The van der Waals surface area contributed by atoms with Crippen molar-refractivity contribution in [1.29, 1.82) is 0 Å². The van der Waals surface area contributed by atoms with Gasteiger partial charge in [0.2, 0.25) is 0 Å². The van der Waals surface area contributed by atoms with Crippen LogP contribution in [0.2, 0.25) is 0 Å². The number of amides is 2. The lowest BCUT2D eigenvalue weighted by molar-refractivity contribution is 0.0532. The van der Waals surface area contributed by atoms with Crippen LogP contribution in [0.4, 0.5) is 4.39 Å². The predicted octanol–water partition coefficient (Wildman–Crippen LogP) is 1.96. The zero-order valence-corrected chi connectivity index (χ0v) is 14.5. The van der Waals surface area contributed by atoms with Crippen LogP contribution in [0.15, 0.2) is 30.5 Å². The van der Waals surface area contributed by atoms with Crippen LogP contribution in [0.1, 0.15) is 39.3 Å². The Morgan fingerprint density at radius 2 is 1.54 bits per heavy atom.